The van der Waals surface area contributed by atoms with Gasteiger partial charge in [-0.25, -0.2) is 0 Å². The Labute approximate surface area is 94.8 Å². The summed E-state index contributed by atoms with van der Waals surface area (Å²) in [5.41, 5.74) is 1.53. The van der Waals surface area contributed by atoms with Crippen LogP contribution in [0.5, 0.6) is 0 Å². The summed E-state index contributed by atoms with van der Waals surface area (Å²) < 4.78 is 0. The first-order valence-electron chi connectivity index (χ1n) is 5.39. The second-order valence-electron chi connectivity index (χ2n) is 4.45. The van der Waals surface area contributed by atoms with Crippen molar-refractivity contribution in [3.63, 3.8) is 0 Å². The molecule has 76 valence electrons. The van der Waals surface area contributed by atoms with E-state index < -0.39 is 0 Å². The molecule has 0 saturated heterocycles. The van der Waals surface area contributed by atoms with Gasteiger partial charge < -0.3 is 0 Å². The average molecular weight is 253 g/mol. The number of alkyl halides is 1. The summed E-state index contributed by atoms with van der Waals surface area (Å²) in [5.74, 6) is 2.51. The summed E-state index contributed by atoms with van der Waals surface area (Å²) in [5, 5.41) is 0. The zero-order chi connectivity index (χ0) is 10.1. The van der Waals surface area contributed by atoms with E-state index in [0.29, 0.717) is 4.83 Å². The van der Waals surface area contributed by atoms with Crippen LogP contribution in [0.4, 0.5) is 0 Å². The van der Waals surface area contributed by atoms with Crippen molar-refractivity contribution in [2.24, 2.45) is 11.8 Å². The lowest BCUT2D eigenvalue weighted by Gasteiger charge is -2.13. The van der Waals surface area contributed by atoms with Crippen LogP contribution in [0, 0.1) is 11.8 Å². The van der Waals surface area contributed by atoms with E-state index in [1.165, 1.54) is 12.0 Å². The molecule has 0 nitrogen and oxygen atoms in total. The molecule has 1 aliphatic rings. The Balaban J connectivity index is 2.00. The second kappa shape index (κ2) is 4.06. The summed E-state index contributed by atoms with van der Waals surface area (Å²) in [7, 11) is 0. The minimum absolute atomic E-state index is 0.640. The Morgan fingerprint density at radius 3 is 2.43 bits per heavy atom. The standard InChI is InChI=1S/C13H17Br/c1-9(10(2)14)12-8-13(12)11-6-4-3-5-7-11/h3-7,9-10,12-13H,8H2,1-2H3. The Bertz CT molecular complexity index is 291. The summed E-state index contributed by atoms with van der Waals surface area (Å²) in [6.07, 6.45) is 1.38. The average Bonchev–Trinajstić information content (AvgIpc) is 2.97. The molecule has 1 fully saturated rings. The van der Waals surface area contributed by atoms with E-state index in [2.05, 4.69) is 60.1 Å². The fraction of sp³-hybridized carbons (Fsp3) is 0.538. The lowest BCUT2D eigenvalue weighted by molar-refractivity contribution is 0.499. The Morgan fingerprint density at radius 2 is 1.86 bits per heavy atom. The first-order chi connectivity index (χ1) is 6.70. The van der Waals surface area contributed by atoms with Crippen LogP contribution < -0.4 is 0 Å². The lowest BCUT2D eigenvalue weighted by atomic mass is 9.99. The van der Waals surface area contributed by atoms with Crippen molar-refractivity contribution in [3.8, 4) is 0 Å². The molecule has 4 unspecified atom stereocenters. The highest BCUT2D eigenvalue weighted by atomic mass is 79.9. The van der Waals surface area contributed by atoms with Gasteiger partial charge in [-0.1, -0.05) is 60.1 Å². The number of benzene rings is 1. The normalized spacial score (nSPS) is 29.6. The van der Waals surface area contributed by atoms with Crippen molar-refractivity contribution in [1.29, 1.82) is 0 Å². The maximum absolute atomic E-state index is 3.68. The molecule has 1 heteroatoms. The van der Waals surface area contributed by atoms with Crippen LogP contribution in [0.2, 0.25) is 0 Å². The molecule has 1 aromatic rings. The van der Waals surface area contributed by atoms with Gasteiger partial charge in [0.25, 0.3) is 0 Å². The third kappa shape index (κ3) is 2.03. The molecule has 1 saturated carbocycles. The lowest BCUT2D eigenvalue weighted by Crippen LogP contribution is -2.09. The Hall–Kier alpha value is -0.300. The van der Waals surface area contributed by atoms with Crippen LogP contribution in [0.1, 0.15) is 31.7 Å². The molecule has 0 heterocycles. The monoisotopic (exact) mass is 252 g/mol. The zero-order valence-corrected chi connectivity index (χ0v) is 10.4. The van der Waals surface area contributed by atoms with Crippen molar-refractivity contribution in [3.05, 3.63) is 35.9 Å². The summed E-state index contributed by atoms with van der Waals surface area (Å²) in [6.45, 7) is 4.61. The topological polar surface area (TPSA) is 0 Å². The van der Waals surface area contributed by atoms with E-state index in [-0.39, 0.29) is 0 Å². The first kappa shape index (κ1) is 10.2. The van der Waals surface area contributed by atoms with Gasteiger partial charge >= 0.3 is 0 Å². The maximum Gasteiger partial charge on any atom is 0.0146 e. The molecule has 0 radical (unpaired) electrons. The largest absolute Gasteiger partial charge is 0.0891 e. The van der Waals surface area contributed by atoms with Crippen molar-refractivity contribution in [1.82, 2.24) is 0 Å². The van der Waals surface area contributed by atoms with Crippen LogP contribution in [0.15, 0.2) is 30.3 Å². The molecule has 0 aliphatic heterocycles. The van der Waals surface area contributed by atoms with Gasteiger partial charge in [-0.2, -0.15) is 0 Å². The third-order valence-electron chi connectivity index (χ3n) is 3.47. The summed E-state index contributed by atoms with van der Waals surface area (Å²) in [4.78, 5) is 0.640. The van der Waals surface area contributed by atoms with Crippen LogP contribution in [0.3, 0.4) is 0 Å². The van der Waals surface area contributed by atoms with E-state index >= 15 is 0 Å². The van der Waals surface area contributed by atoms with E-state index in [1.807, 2.05) is 0 Å². The summed E-state index contributed by atoms with van der Waals surface area (Å²) in [6, 6.07) is 10.9. The number of rotatable bonds is 3. The van der Waals surface area contributed by atoms with Gasteiger partial charge in [-0.05, 0) is 29.7 Å². The van der Waals surface area contributed by atoms with Crippen LogP contribution >= 0.6 is 15.9 Å². The van der Waals surface area contributed by atoms with E-state index in [0.717, 1.165) is 17.8 Å². The molecule has 0 bridgehead atoms. The van der Waals surface area contributed by atoms with Crippen molar-refractivity contribution in [2.45, 2.75) is 31.0 Å². The van der Waals surface area contributed by atoms with Gasteiger partial charge in [0.15, 0.2) is 0 Å². The van der Waals surface area contributed by atoms with Crippen molar-refractivity contribution >= 4 is 15.9 Å². The van der Waals surface area contributed by atoms with Crippen molar-refractivity contribution in [2.75, 3.05) is 0 Å². The highest BCUT2D eigenvalue weighted by Gasteiger charge is 2.42. The highest BCUT2D eigenvalue weighted by Crippen LogP contribution is 2.53. The Morgan fingerprint density at radius 1 is 1.21 bits per heavy atom. The summed E-state index contributed by atoms with van der Waals surface area (Å²) >= 11 is 3.68. The predicted octanol–water partition coefficient (Wildman–Crippen LogP) is 4.21. The molecule has 0 N–H and O–H groups in total. The van der Waals surface area contributed by atoms with Crippen LogP contribution in [-0.2, 0) is 0 Å². The van der Waals surface area contributed by atoms with Crippen LogP contribution in [-0.4, -0.2) is 4.83 Å². The fourth-order valence-electron chi connectivity index (χ4n) is 2.22. The quantitative estimate of drug-likeness (QED) is 0.708. The van der Waals surface area contributed by atoms with Crippen LogP contribution in [0.25, 0.3) is 0 Å². The molecular formula is C13H17Br. The van der Waals surface area contributed by atoms with Gasteiger partial charge in [0, 0.05) is 4.83 Å². The minimum Gasteiger partial charge on any atom is -0.0891 e. The molecule has 1 aromatic carbocycles. The molecule has 2 rings (SSSR count). The minimum atomic E-state index is 0.640. The van der Waals surface area contributed by atoms with E-state index in [9.17, 15) is 0 Å². The SMILES string of the molecule is CC(Br)C(C)C1CC1c1ccccc1. The smallest absolute Gasteiger partial charge is 0.0146 e. The van der Waals surface area contributed by atoms with Crippen molar-refractivity contribution < 1.29 is 0 Å². The number of halogens is 1. The molecule has 1 aliphatic carbocycles. The van der Waals surface area contributed by atoms with E-state index in [1.54, 1.807) is 0 Å². The maximum atomic E-state index is 3.68. The van der Waals surface area contributed by atoms with E-state index in [4.69, 9.17) is 0 Å². The molecule has 0 amide bonds. The predicted molar refractivity (Wildman–Crippen MR) is 64.8 cm³/mol. The van der Waals surface area contributed by atoms with Gasteiger partial charge in [0.2, 0.25) is 0 Å². The molecule has 4 atom stereocenters. The molecule has 0 spiro atoms. The van der Waals surface area contributed by atoms with Gasteiger partial charge in [-0.15, -0.1) is 0 Å². The number of hydrogen-bond acceptors (Lipinski definition) is 0. The van der Waals surface area contributed by atoms with Gasteiger partial charge in [0.05, 0.1) is 0 Å². The fourth-order valence-corrected chi connectivity index (χ4v) is 2.61. The highest BCUT2D eigenvalue weighted by molar-refractivity contribution is 9.09. The van der Waals surface area contributed by atoms with Gasteiger partial charge in [-0.3, -0.25) is 0 Å². The zero-order valence-electron chi connectivity index (χ0n) is 8.78. The molecular weight excluding hydrogens is 236 g/mol. The second-order valence-corrected chi connectivity index (χ2v) is 5.90. The third-order valence-corrected chi connectivity index (χ3v) is 4.30. The first-order valence-corrected chi connectivity index (χ1v) is 6.30. The molecule has 0 aromatic heterocycles. The number of hydrogen-bond donors (Lipinski definition) is 0. The van der Waals surface area contributed by atoms with Gasteiger partial charge in [0.1, 0.15) is 0 Å². The Kier molecular flexibility index (Phi) is 2.96. The molecule has 14 heavy (non-hydrogen) atoms.